The van der Waals surface area contributed by atoms with Gasteiger partial charge in [0, 0.05) is 5.69 Å². The van der Waals surface area contributed by atoms with Crippen LogP contribution in [0.1, 0.15) is 5.56 Å². The number of carbonyl (C=O) groups is 1. The van der Waals surface area contributed by atoms with Crippen molar-refractivity contribution in [3.05, 3.63) is 53.1 Å². The minimum Gasteiger partial charge on any atom is -0.465 e. The second-order valence-corrected chi connectivity index (χ2v) is 4.40. The van der Waals surface area contributed by atoms with Crippen LogP contribution in [0.3, 0.4) is 0 Å². The van der Waals surface area contributed by atoms with Gasteiger partial charge in [0.1, 0.15) is 11.5 Å². The lowest BCUT2D eigenvalue weighted by Gasteiger charge is -2.09. The van der Waals surface area contributed by atoms with Crippen molar-refractivity contribution in [3.8, 4) is 11.5 Å². The van der Waals surface area contributed by atoms with E-state index >= 15 is 0 Å². The number of aryl methyl sites for hydroxylation is 1. The molecule has 0 saturated heterocycles. The SMILES string of the molecule is Cc1ccc(Oc2ccc(NC(=O)O)cc2Cl)cc1. The molecule has 0 aliphatic rings. The highest BCUT2D eigenvalue weighted by Gasteiger charge is 2.06. The molecule has 0 aliphatic heterocycles. The molecule has 0 fully saturated rings. The molecule has 0 atom stereocenters. The van der Waals surface area contributed by atoms with Gasteiger partial charge in [-0.25, -0.2) is 4.79 Å². The molecule has 19 heavy (non-hydrogen) atoms. The molecule has 0 spiro atoms. The van der Waals surface area contributed by atoms with Crippen molar-refractivity contribution in [3.63, 3.8) is 0 Å². The largest absolute Gasteiger partial charge is 0.465 e. The molecule has 5 heteroatoms. The Morgan fingerprint density at radius 3 is 2.47 bits per heavy atom. The summed E-state index contributed by atoms with van der Waals surface area (Å²) in [5.74, 6) is 1.15. The molecular formula is C14H12ClNO3. The van der Waals surface area contributed by atoms with Crippen LogP contribution in [-0.4, -0.2) is 11.2 Å². The lowest BCUT2D eigenvalue weighted by atomic mass is 10.2. The number of hydrogen-bond donors (Lipinski definition) is 2. The summed E-state index contributed by atoms with van der Waals surface area (Å²) < 4.78 is 5.62. The molecule has 2 aromatic carbocycles. The Hall–Kier alpha value is -2.20. The number of amides is 1. The van der Waals surface area contributed by atoms with Crippen LogP contribution in [0, 0.1) is 6.92 Å². The molecule has 4 nitrogen and oxygen atoms in total. The summed E-state index contributed by atoms with van der Waals surface area (Å²) in [6, 6.07) is 12.3. The predicted octanol–water partition coefficient (Wildman–Crippen LogP) is 4.53. The quantitative estimate of drug-likeness (QED) is 0.866. The van der Waals surface area contributed by atoms with Gasteiger partial charge in [-0.2, -0.15) is 0 Å². The van der Waals surface area contributed by atoms with E-state index in [0.717, 1.165) is 5.56 Å². The summed E-state index contributed by atoms with van der Waals surface area (Å²) in [6.07, 6.45) is -1.14. The summed E-state index contributed by atoms with van der Waals surface area (Å²) in [6.45, 7) is 1.99. The van der Waals surface area contributed by atoms with Crippen LogP contribution >= 0.6 is 11.6 Å². The van der Waals surface area contributed by atoms with Gasteiger partial charge in [0.05, 0.1) is 5.02 Å². The molecule has 0 bridgehead atoms. The summed E-state index contributed by atoms with van der Waals surface area (Å²) >= 11 is 6.04. The third-order valence-electron chi connectivity index (χ3n) is 2.43. The molecule has 0 unspecified atom stereocenters. The van der Waals surface area contributed by atoms with E-state index in [-0.39, 0.29) is 0 Å². The molecule has 0 aromatic heterocycles. The number of halogens is 1. The van der Waals surface area contributed by atoms with Crippen LogP contribution in [0.25, 0.3) is 0 Å². The van der Waals surface area contributed by atoms with Crippen molar-refractivity contribution in [1.82, 2.24) is 0 Å². The first-order chi connectivity index (χ1) is 9.04. The highest BCUT2D eigenvalue weighted by Crippen LogP contribution is 2.31. The molecular weight excluding hydrogens is 266 g/mol. The zero-order valence-corrected chi connectivity index (χ0v) is 10.9. The van der Waals surface area contributed by atoms with Gasteiger partial charge in [0.25, 0.3) is 0 Å². The maximum absolute atomic E-state index is 10.5. The predicted molar refractivity (Wildman–Crippen MR) is 74.4 cm³/mol. The minimum absolute atomic E-state index is 0.340. The first kappa shape index (κ1) is 13.2. The van der Waals surface area contributed by atoms with Gasteiger partial charge in [0.2, 0.25) is 0 Å². The van der Waals surface area contributed by atoms with E-state index in [9.17, 15) is 4.79 Å². The first-order valence-corrected chi connectivity index (χ1v) is 5.96. The number of benzene rings is 2. The topological polar surface area (TPSA) is 58.6 Å². The standard InChI is InChI=1S/C14H12ClNO3/c1-9-2-5-11(6-3-9)19-13-7-4-10(8-12(13)15)16-14(17)18/h2-8,16H,1H3,(H,17,18). The summed E-state index contributed by atoms with van der Waals surface area (Å²) in [5.41, 5.74) is 1.54. The Morgan fingerprint density at radius 1 is 1.21 bits per heavy atom. The van der Waals surface area contributed by atoms with Crippen molar-refractivity contribution < 1.29 is 14.6 Å². The van der Waals surface area contributed by atoms with E-state index in [2.05, 4.69) is 5.32 Å². The average Bonchev–Trinajstić information content (AvgIpc) is 2.34. The molecule has 0 heterocycles. The van der Waals surface area contributed by atoms with Gasteiger partial charge >= 0.3 is 6.09 Å². The third kappa shape index (κ3) is 3.63. The number of anilines is 1. The summed E-state index contributed by atoms with van der Waals surface area (Å²) in [5, 5.41) is 11.2. The van der Waals surface area contributed by atoms with E-state index in [1.807, 2.05) is 31.2 Å². The molecule has 0 radical (unpaired) electrons. The number of hydrogen-bond acceptors (Lipinski definition) is 2. The van der Waals surface area contributed by atoms with Gasteiger partial charge < -0.3 is 9.84 Å². The Labute approximate surface area is 115 Å². The highest BCUT2D eigenvalue weighted by atomic mass is 35.5. The maximum atomic E-state index is 10.5. The Morgan fingerprint density at radius 2 is 1.89 bits per heavy atom. The van der Waals surface area contributed by atoms with E-state index in [1.54, 1.807) is 12.1 Å². The molecule has 2 aromatic rings. The summed E-state index contributed by atoms with van der Waals surface area (Å²) in [4.78, 5) is 10.5. The second-order valence-electron chi connectivity index (χ2n) is 3.99. The highest BCUT2D eigenvalue weighted by molar-refractivity contribution is 6.32. The summed E-state index contributed by atoms with van der Waals surface area (Å²) in [7, 11) is 0. The Kier molecular flexibility index (Phi) is 3.92. The number of rotatable bonds is 3. The lowest BCUT2D eigenvalue weighted by Crippen LogP contribution is -2.06. The second kappa shape index (κ2) is 5.63. The van der Waals surface area contributed by atoms with E-state index < -0.39 is 6.09 Å². The Balaban J connectivity index is 2.17. The van der Waals surface area contributed by atoms with Crippen LogP contribution in [0.15, 0.2) is 42.5 Å². The van der Waals surface area contributed by atoms with E-state index in [1.165, 1.54) is 6.07 Å². The van der Waals surface area contributed by atoms with Gasteiger partial charge in [-0.05, 0) is 37.3 Å². The van der Waals surface area contributed by atoms with Gasteiger partial charge in [-0.15, -0.1) is 0 Å². The minimum atomic E-state index is -1.14. The van der Waals surface area contributed by atoms with Gasteiger partial charge in [-0.1, -0.05) is 29.3 Å². The zero-order chi connectivity index (χ0) is 13.8. The molecule has 98 valence electrons. The fourth-order valence-electron chi connectivity index (χ4n) is 1.52. The zero-order valence-electron chi connectivity index (χ0n) is 10.2. The monoisotopic (exact) mass is 277 g/mol. The Bertz CT molecular complexity index is 596. The number of carboxylic acid groups (broad SMARTS) is 1. The number of ether oxygens (including phenoxy) is 1. The van der Waals surface area contributed by atoms with Crippen molar-refractivity contribution in [2.45, 2.75) is 6.92 Å². The number of nitrogens with one attached hydrogen (secondary N) is 1. The van der Waals surface area contributed by atoms with Crippen LogP contribution in [-0.2, 0) is 0 Å². The van der Waals surface area contributed by atoms with Crippen molar-refractivity contribution in [2.24, 2.45) is 0 Å². The molecule has 0 aliphatic carbocycles. The maximum Gasteiger partial charge on any atom is 0.409 e. The lowest BCUT2D eigenvalue weighted by molar-refractivity contribution is 0.209. The van der Waals surface area contributed by atoms with Gasteiger partial charge in [-0.3, -0.25) is 5.32 Å². The van der Waals surface area contributed by atoms with E-state index in [4.69, 9.17) is 21.4 Å². The van der Waals surface area contributed by atoms with Crippen LogP contribution in [0.2, 0.25) is 5.02 Å². The van der Waals surface area contributed by atoms with Crippen molar-refractivity contribution in [2.75, 3.05) is 5.32 Å². The fourth-order valence-corrected chi connectivity index (χ4v) is 1.74. The van der Waals surface area contributed by atoms with Gasteiger partial charge in [0.15, 0.2) is 0 Å². The normalized spacial score (nSPS) is 10.0. The van der Waals surface area contributed by atoms with Crippen molar-refractivity contribution >= 4 is 23.4 Å². The first-order valence-electron chi connectivity index (χ1n) is 5.58. The fraction of sp³-hybridized carbons (Fsp3) is 0.0714. The van der Waals surface area contributed by atoms with E-state index in [0.29, 0.717) is 22.2 Å². The molecule has 1 amide bonds. The smallest absolute Gasteiger partial charge is 0.409 e. The van der Waals surface area contributed by atoms with Crippen LogP contribution in [0.5, 0.6) is 11.5 Å². The molecule has 0 saturated carbocycles. The average molecular weight is 278 g/mol. The molecule has 2 rings (SSSR count). The van der Waals surface area contributed by atoms with Crippen LogP contribution in [0.4, 0.5) is 10.5 Å². The third-order valence-corrected chi connectivity index (χ3v) is 2.73. The van der Waals surface area contributed by atoms with Crippen molar-refractivity contribution in [1.29, 1.82) is 0 Å². The van der Waals surface area contributed by atoms with Crippen LogP contribution < -0.4 is 10.1 Å². The molecule has 2 N–H and O–H groups in total.